The van der Waals surface area contributed by atoms with Gasteiger partial charge in [0.15, 0.2) is 6.10 Å². The Bertz CT molecular complexity index is 335. The van der Waals surface area contributed by atoms with Gasteiger partial charge in [-0.25, -0.2) is 4.39 Å². The molecule has 3 nitrogen and oxygen atoms in total. The molecule has 0 bridgehead atoms. The fraction of sp³-hybridized carbons (Fsp3) is 0.364. The summed E-state index contributed by atoms with van der Waals surface area (Å²) in [5, 5.41) is 0. The number of carbonyl (C=O) groups is 1. The van der Waals surface area contributed by atoms with E-state index in [1.807, 2.05) is 0 Å². The lowest BCUT2D eigenvalue weighted by Gasteiger charge is -2.18. The maximum atomic E-state index is 12.6. The molecule has 82 valence electrons. The molecule has 0 saturated heterocycles. The van der Waals surface area contributed by atoms with Crippen LogP contribution in [0.3, 0.4) is 0 Å². The Kier molecular flexibility index (Phi) is 3.66. The van der Waals surface area contributed by atoms with E-state index in [9.17, 15) is 9.18 Å². The first-order chi connectivity index (χ1) is 7.00. The van der Waals surface area contributed by atoms with Gasteiger partial charge in [-0.15, -0.1) is 0 Å². The van der Waals surface area contributed by atoms with Crippen molar-refractivity contribution >= 4 is 5.91 Å². The van der Waals surface area contributed by atoms with Gasteiger partial charge in [-0.1, -0.05) is 0 Å². The summed E-state index contributed by atoms with van der Waals surface area (Å²) >= 11 is 0. The molecular weight excluding hydrogens is 197 g/mol. The molecule has 0 fully saturated rings. The Morgan fingerprint density at radius 3 is 2.33 bits per heavy atom. The van der Waals surface area contributed by atoms with E-state index in [1.165, 1.54) is 29.2 Å². The van der Waals surface area contributed by atoms with Gasteiger partial charge in [0.2, 0.25) is 0 Å². The van der Waals surface area contributed by atoms with E-state index in [0.29, 0.717) is 5.75 Å². The van der Waals surface area contributed by atoms with Crippen molar-refractivity contribution in [2.45, 2.75) is 13.0 Å². The minimum atomic E-state index is -0.564. The average molecular weight is 211 g/mol. The van der Waals surface area contributed by atoms with Crippen molar-refractivity contribution in [2.75, 3.05) is 14.1 Å². The van der Waals surface area contributed by atoms with E-state index in [2.05, 4.69) is 0 Å². The predicted octanol–water partition coefficient (Wildman–Crippen LogP) is 1.68. The SMILES string of the molecule is CC(Oc1ccc(F)cc1)C(=O)N(C)C. The highest BCUT2D eigenvalue weighted by molar-refractivity contribution is 5.80. The highest BCUT2D eigenvalue weighted by atomic mass is 19.1. The Labute approximate surface area is 88.5 Å². The third-order valence-electron chi connectivity index (χ3n) is 1.92. The zero-order valence-electron chi connectivity index (χ0n) is 9.03. The Balaban J connectivity index is 2.62. The lowest BCUT2D eigenvalue weighted by molar-refractivity contribution is -0.135. The van der Waals surface area contributed by atoms with Gasteiger partial charge in [0.25, 0.3) is 5.91 Å². The van der Waals surface area contributed by atoms with Gasteiger partial charge < -0.3 is 9.64 Å². The third-order valence-corrected chi connectivity index (χ3v) is 1.92. The summed E-state index contributed by atoms with van der Waals surface area (Å²) in [6, 6.07) is 5.58. The number of likely N-dealkylation sites (N-methyl/N-ethyl adjacent to an activating group) is 1. The molecule has 1 rings (SSSR count). The largest absolute Gasteiger partial charge is 0.481 e. The number of amides is 1. The topological polar surface area (TPSA) is 29.5 Å². The minimum absolute atomic E-state index is 0.126. The van der Waals surface area contributed by atoms with E-state index < -0.39 is 6.10 Å². The highest BCUT2D eigenvalue weighted by Gasteiger charge is 2.16. The number of carbonyl (C=O) groups excluding carboxylic acids is 1. The van der Waals surface area contributed by atoms with Crippen LogP contribution >= 0.6 is 0 Å². The van der Waals surface area contributed by atoms with Crippen LogP contribution in [0.2, 0.25) is 0 Å². The van der Waals surface area contributed by atoms with Crippen molar-refractivity contribution in [3.05, 3.63) is 30.1 Å². The first-order valence-electron chi connectivity index (χ1n) is 4.64. The van der Waals surface area contributed by atoms with Crippen LogP contribution in [0.4, 0.5) is 4.39 Å². The van der Waals surface area contributed by atoms with E-state index in [-0.39, 0.29) is 11.7 Å². The molecular formula is C11H14FNO2. The Hall–Kier alpha value is -1.58. The van der Waals surface area contributed by atoms with Crippen LogP contribution in [0.1, 0.15) is 6.92 Å². The van der Waals surface area contributed by atoms with Crippen LogP contribution < -0.4 is 4.74 Å². The van der Waals surface area contributed by atoms with Crippen molar-refractivity contribution in [1.82, 2.24) is 4.90 Å². The van der Waals surface area contributed by atoms with Gasteiger partial charge in [-0.2, -0.15) is 0 Å². The van der Waals surface area contributed by atoms with E-state index in [0.717, 1.165) is 0 Å². The summed E-state index contributed by atoms with van der Waals surface area (Å²) < 4.78 is 17.9. The quantitative estimate of drug-likeness (QED) is 0.761. The monoisotopic (exact) mass is 211 g/mol. The lowest BCUT2D eigenvalue weighted by Crippen LogP contribution is -2.35. The van der Waals surface area contributed by atoms with Gasteiger partial charge in [0.05, 0.1) is 0 Å². The fourth-order valence-corrected chi connectivity index (χ4v) is 1.13. The summed E-state index contributed by atoms with van der Waals surface area (Å²) in [6.45, 7) is 1.66. The van der Waals surface area contributed by atoms with Crippen LogP contribution in [-0.4, -0.2) is 31.0 Å². The number of hydrogen-bond donors (Lipinski definition) is 0. The Morgan fingerprint density at radius 1 is 1.33 bits per heavy atom. The van der Waals surface area contributed by atoms with Crippen LogP contribution in [0.15, 0.2) is 24.3 Å². The van der Waals surface area contributed by atoms with Crippen molar-refractivity contribution in [3.63, 3.8) is 0 Å². The molecule has 0 aliphatic carbocycles. The summed E-state index contributed by atoms with van der Waals surface area (Å²) in [7, 11) is 3.32. The van der Waals surface area contributed by atoms with Gasteiger partial charge >= 0.3 is 0 Å². The number of hydrogen-bond acceptors (Lipinski definition) is 2. The molecule has 0 aliphatic rings. The highest BCUT2D eigenvalue weighted by Crippen LogP contribution is 2.13. The van der Waals surface area contributed by atoms with Crippen molar-refractivity contribution in [1.29, 1.82) is 0 Å². The zero-order valence-corrected chi connectivity index (χ0v) is 9.03. The number of benzene rings is 1. The van der Waals surface area contributed by atoms with E-state index >= 15 is 0 Å². The van der Waals surface area contributed by atoms with E-state index in [4.69, 9.17) is 4.74 Å². The molecule has 0 N–H and O–H groups in total. The van der Waals surface area contributed by atoms with Crippen LogP contribution in [0.5, 0.6) is 5.75 Å². The summed E-state index contributed by atoms with van der Waals surface area (Å²) in [6.07, 6.45) is -0.564. The Morgan fingerprint density at radius 2 is 1.87 bits per heavy atom. The second-order valence-electron chi connectivity index (χ2n) is 3.45. The molecule has 0 saturated carbocycles. The molecule has 1 aromatic rings. The molecule has 0 radical (unpaired) electrons. The summed E-state index contributed by atoms with van der Waals surface area (Å²) in [4.78, 5) is 12.9. The fourth-order valence-electron chi connectivity index (χ4n) is 1.13. The molecule has 4 heteroatoms. The van der Waals surface area contributed by atoms with Crippen LogP contribution in [0, 0.1) is 5.82 Å². The number of ether oxygens (including phenoxy) is 1. The second kappa shape index (κ2) is 4.77. The molecule has 1 aromatic carbocycles. The summed E-state index contributed by atoms with van der Waals surface area (Å²) in [5.74, 6) is 0.0346. The van der Waals surface area contributed by atoms with Gasteiger partial charge in [0, 0.05) is 14.1 Å². The van der Waals surface area contributed by atoms with Crippen molar-refractivity contribution in [3.8, 4) is 5.75 Å². The third kappa shape index (κ3) is 3.23. The number of halogens is 1. The molecule has 1 amide bonds. The minimum Gasteiger partial charge on any atom is -0.481 e. The van der Waals surface area contributed by atoms with Crippen LogP contribution in [-0.2, 0) is 4.79 Å². The van der Waals surface area contributed by atoms with Gasteiger partial charge in [-0.3, -0.25) is 4.79 Å². The summed E-state index contributed by atoms with van der Waals surface area (Å²) in [5.41, 5.74) is 0. The molecule has 0 spiro atoms. The van der Waals surface area contributed by atoms with Gasteiger partial charge in [0.1, 0.15) is 11.6 Å². The zero-order chi connectivity index (χ0) is 11.4. The standard InChI is InChI=1S/C11H14FNO2/c1-8(11(14)13(2)3)15-10-6-4-9(12)5-7-10/h4-8H,1-3H3. The normalized spacial score (nSPS) is 12.0. The smallest absolute Gasteiger partial charge is 0.262 e. The van der Waals surface area contributed by atoms with Gasteiger partial charge in [-0.05, 0) is 31.2 Å². The first kappa shape index (κ1) is 11.5. The second-order valence-corrected chi connectivity index (χ2v) is 3.45. The predicted molar refractivity (Wildman–Crippen MR) is 55.2 cm³/mol. The molecule has 0 aromatic heterocycles. The molecule has 1 atom stereocenters. The maximum absolute atomic E-state index is 12.6. The number of nitrogens with zero attached hydrogens (tertiary/aromatic N) is 1. The van der Waals surface area contributed by atoms with E-state index in [1.54, 1.807) is 21.0 Å². The number of rotatable bonds is 3. The lowest BCUT2D eigenvalue weighted by atomic mass is 10.3. The molecule has 0 heterocycles. The van der Waals surface area contributed by atoms with Crippen molar-refractivity contribution < 1.29 is 13.9 Å². The average Bonchev–Trinajstić information content (AvgIpc) is 2.20. The first-order valence-corrected chi connectivity index (χ1v) is 4.64. The maximum Gasteiger partial charge on any atom is 0.262 e. The van der Waals surface area contributed by atoms with Crippen LogP contribution in [0.25, 0.3) is 0 Å². The van der Waals surface area contributed by atoms with Crippen molar-refractivity contribution in [2.24, 2.45) is 0 Å². The molecule has 15 heavy (non-hydrogen) atoms. The molecule has 0 aliphatic heterocycles. The molecule has 1 unspecified atom stereocenters.